The zero-order valence-electron chi connectivity index (χ0n) is 12.6. The molecule has 0 bridgehead atoms. The SMILES string of the molecule is CCc1ccc(C(CN)N2CCCC2C(C)C)cc1. The monoisotopic (exact) mass is 260 g/mol. The average Bonchev–Trinajstić information content (AvgIpc) is 2.90. The highest BCUT2D eigenvalue weighted by atomic mass is 15.2. The van der Waals surface area contributed by atoms with Crippen molar-refractivity contribution in [1.82, 2.24) is 4.90 Å². The normalized spacial score (nSPS) is 22.1. The molecule has 2 rings (SSSR count). The quantitative estimate of drug-likeness (QED) is 0.879. The third kappa shape index (κ3) is 3.18. The summed E-state index contributed by atoms with van der Waals surface area (Å²) < 4.78 is 0. The molecule has 2 unspecified atom stereocenters. The fourth-order valence-electron chi connectivity index (χ4n) is 3.36. The van der Waals surface area contributed by atoms with E-state index in [1.54, 1.807) is 0 Å². The summed E-state index contributed by atoms with van der Waals surface area (Å²) in [5.74, 6) is 0.714. The van der Waals surface area contributed by atoms with Gasteiger partial charge < -0.3 is 5.73 Å². The van der Waals surface area contributed by atoms with Gasteiger partial charge in [-0.2, -0.15) is 0 Å². The lowest BCUT2D eigenvalue weighted by Gasteiger charge is -2.35. The van der Waals surface area contributed by atoms with Gasteiger partial charge in [-0.25, -0.2) is 0 Å². The molecule has 1 aromatic rings. The van der Waals surface area contributed by atoms with E-state index in [1.165, 1.54) is 30.5 Å². The van der Waals surface area contributed by atoms with Gasteiger partial charge in [-0.3, -0.25) is 4.90 Å². The first kappa shape index (κ1) is 14.5. The molecule has 106 valence electrons. The van der Waals surface area contributed by atoms with Gasteiger partial charge in [-0.1, -0.05) is 45.0 Å². The van der Waals surface area contributed by atoms with Gasteiger partial charge in [0.15, 0.2) is 0 Å². The van der Waals surface area contributed by atoms with Crippen LogP contribution in [0.3, 0.4) is 0 Å². The summed E-state index contributed by atoms with van der Waals surface area (Å²) >= 11 is 0. The van der Waals surface area contributed by atoms with Crippen LogP contribution in [0.1, 0.15) is 50.8 Å². The fraction of sp³-hybridized carbons (Fsp3) is 0.647. The first-order valence-electron chi connectivity index (χ1n) is 7.72. The van der Waals surface area contributed by atoms with Gasteiger partial charge in [0.2, 0.25) is 0 Å². The lowest BCUT2D eigenvalue weighted by molar-refractivity contribution is 0.149. The Kier molecular flexibility index (Phi) is 5.00. The molecule has 2 nitrogen and oxygen atoms in total. The van der Waals surface area contributed by atoms with Crippen molar-refractivity contribution in [2.75, 3.05) is 13.1 Å². The van der Waals surface area contributed by atoms with E-state index < -0.39 is 0 Å². The maximum Gasteiger partial charge on any atom is 0.0473 e. The van der Waals surface area contributed by atoms with Crippen LogP contribution in [0.2, 0.25) is 0 Å². The molecule has 1 heterocycles. The van der Waals surface area contributed by atoms with Gasteiger partial charge >= 0.3 is 0 Å². The van der Waals surface area contributed by atoms with Crippen molar-refractivity contribution in [2.24, 2.45) is 11.7 Å². The Bertz CT molecular complexity index is 383. The third-order valence-electron chi connectivity index (χ3n) is 4.51. The maximum absolute atomic E-state index is 6.08. The molecular weight excluding hydrogens is 232 g/mol. The van der Waals surface area contributed by atoms with Crippen molar-refractivity contribution in [3.05, 3.63) is 35.4 Å². The topological polar surface area (TPSA) is 29.3 Å². The number of nitrogens with zero attached hydrogens (tertiary/aromatic N) is 1. The molecule has 0 aliphatic carbocycles. The van der Waals surface area contributed by atoms with Crippen molar-refractivity contribution in [1.29, 1.82) is 0 Å². The highest BCUT2D eigenvalue weighted by molar-refractivity contribution is 5.25. The highest BCUT2D eigenvalue weighted by Crippen LogP contribution is 2.32. The van der Waals surface area contributed by atoms with Gasteiger partial charge in [-0.05, 0) is 42.9 Å². The first-order valence-corrected chi connectivity index (χ1v) is 7.72. The second kappa shape index (κ2) is 6.53. The van der Waals surface area contributed by atoms with Gasteiger partial charge in [-0.15, -0.1) is 0 Å². The molecule has 2 N–H and O–H groups in total. The molecule has 1 saturated heterocycles. The van der Waals surface area contributed by atoms with E-state index in [0.717, 1.165) is 6.42 Å². The first-order chi connectivity index (χ1) is 9.17. The second-order valence-electron chi connectivity index (χ2n) is 6.04. The molecule has 19 heavy (non-hydrogen) atoms. The lowest BCUT2D eigenvalue weighted by Crippen LogP contribution is -2.39. The number of rotatable bonds is 5. The molecule has 1 aliphatic heterocycles. The summed E-state index contributed by atoms with van der Waals surface area (Å²) in [5, 5.41) is 0. The van der Waals surface area contributed by atoms with E-state index in [4.69, 9.17) is 5.73 Å². The molecule has 0 spiro atoms. The second-order valence-corrected chi connectivity index (χ2v) is 6.04. The van der Waals surface area contributed by atoms with E-state index in [1.807, 2.05) is 0 Å². The minimum absolute atomic E-state index is 0.390. The minimum atomic E-state index is 0.390. The summed E-state index contributed by atoms with van der Waals surface area (Å²) in [4.78, 5) is 2.63. The fourth-order valence-corrected chi connectivity index (χ4v) is 3.36. The maximum atomic E-state index is 6.08. The van der Waals surface area contributed by atoms with Crippen molar-refractivity contribution in [2.45, 2.75) is 52.1 Å². The average molecular weight is 260 g/mol. The number of aryl methyl sites for hydroxylation is 1. The van der Waals surface area contributed by atoms with Crippen LogP contribution in [0, 0.1) is 5.92 Å². The Morgan fingerprint density at radius 2 is 1.95 bits per heavy atom. The summed E-state index contributed by atoms with van der Waals surface area (Å²) in [6.07, 6.45) is 3.74. The zero-order chi connectivity index (χ0) is 13.8. The van der Waals surface area contributed by atoms with E-state index in [0.29, 0.717) is 24.5 Å². The van der Waals surface area contributed by atoms with E-state index in [2.05, 4.69) is 49.9 Å². The Balaban J connectivity index is 2.18. The molecule has 0 amide bonds. The third-order valence-corrected chi connectivity index (χ3v) is 4.51. The largest absolute Gasteiger partial charge is 0.329 e. The molecule has 1 fully saturated rings. The van der Waals surface area contributed by atoms with Crippen LogP contribution in [0.15, 0.2) is 24.3 Å². The van der Waals surface area contributed by atoms with Gasteiger partial charge in [0.1, 0.15) is 0 Å². The van der Waals surface area contributed by atoms with Crippen LogP contribution in [0.25, 0.3) is 0 Å². The molecule has 1 aromatic carbocycles. The number of nitrogens with two attached hydrogens (primary N) is 1. The van der Waals surface area contributed by atoms with Crippen LogP contribution in [-0.2, 0) is 6.42 Å². The minimum Gasteiger partial charge on any atom is -0.329 e. The van der Waals surface area contributed by atoms with E-state index >= 15 is 0 Å². The van der Waals surface area contributed by atoms with Crippen molar-refractivity contribution >= 4 is 0 Å². The smallest absolute Gasteiger partial charge is 0.0473 e. The molecule has 1 aliphatic rings. The Hall–Kier alpha value is -0.860. The Labute approximate surface area is 118 Å². The Morgan fingerprint density at radius 1 is 1.26 bits per heavy atom. The standard InChI is InChI=1S/C17H28N2/c1-4-14-7-9-15(10-8-14)17(12-18)19-11-5-6-16(19)13(2)3/h7-10,13,16-17H,4-6,11-12,18H2,1-3H3. The summed E-state index contributed by atoms with van der Waals surface area (Å²) in [6, 6.07) is 10.1. The summed E-state index contributed by atoms with van der Waals surface area (Å²) in [7, 11) is 0. The van der Waals surface area contributed by atoms with Gasteiger partial charge in [0, 0.05) is 18.6 Å². The predicted molar refractivity (Wildman–Crippen MR) is 82.2 cm³/mol. The van der Waals surface area contributed by atoms with Crippen LogP contribution in [-0.4, -0.2) is 24.0 Å². The van der Waals surface area contributed by atoms with Crippen molar-refractivity contribution < 1.29 is 0 Å². The van der Waals surface area contributed by atoms with Crippen LogP contribution in [0.4, 0.5) is 0 Å². The molecule has 2 atom stereocenters. The summed E-state index contributed by atoms with van der Waals surface area (Å²) in [5.41, 5.74) is 8.86. The van der Waals surface area contributed by atoms with Crippen LogP contribution < -0.4 is 5.73 Å². The van der Waals surface area contributed by atoms with E-state index in [9.17, 15) is 0 Å². The van der Waals surface area contributed by atoms with Gasteiger partial charge in [0.05, 0.1) is 0 Å². The molecule has 0 aromatic heterocycles. The lowest BCUT2D eigenvalue weighted by atomic mass is 9.97. The summed E-state index contributed by atoms with van der Waals surface area (Å²) in [6.45, 7) is 8.77. The number of likely N-dealkylation sites (tertiary alicyclic amines) is 1. The number of benzene rings is 1. The Morgan fingerprint density at radius 3 is 2.47 bits per heavy atom. The number of hydrogen-bond donors (Lipinski definition) is 1. The van der Waals surface area contributed by atoms with Crippen LogP contribution >= 0.6 is 0 Å². The molecule has 0 radical (unpaired) electrons. The van der Waals surface area contributed by atoms with Crippen LogP contribution in [0.5, 0.6) is 0 Å². The van der Waals surface area contributed by atoms with Crippen molar-refractivity contribution in [3.8, 4) is 0 Å². The van der Waals surface area contributed by atoms with Crippen molar-refractivity contribution in [3.63, 3.8) is 0 Å². The zero-order valence-corrected chi connectivity index (χ0v) is 12.6. The molecule has 0 saturated carbocycles. The van der Waals surface area contributed by atoms with Gasteiger partial charge in [0.25, 0.3) is 0 Å². The molecule has 2 heteroatoms. The predicted octanol–water partition coefficient (Wildman–Crippen LogP) is 3.37. The van der Waals surface area contributed by atoms with E-state index in [-0.39, 0.29) is 0 Å². The molecular formula is C17H28N2. The number of hydrogen-bond acceptors (Lipinski definition) is 2. The highest BCUT2D eigenvalue weighted by Gasteiger charge is 2.32.